The maximum Gasteiger partial charge on any atom is 0.240 e. The fourth-order valence-corrected chi connectivity index (χ4v) is 5.04. The van der Waals surface area contributed by atoms with E-state index < -0.39 is 10.0 Å². The molecule has 6 nitrogen and oxygen atoms in total. The van der Waals surface area contributed by atoms with Crippen LogP contribution >= 0.6 is 0 Å². The van der Waals surface area contributed by atoms with E-state index in [2.05, 4.69) is 10.8 Å². The molecule has 27 heavy (non-hydrogen) atoms. The second kappa shape index (κ2) is 7.05. The zero-order valence-electron chi connectivity index (χ0n) is 15.5. The maximum atomic E-state index is 12.7. The van der Waals surface area contributed by atoms with Gasteiger partial charge in [-0.1, -0.05) is 0 Å². The summed E-state index contributed by atoms with van der Waals surface area (Å²) in [5, 5.41) is 0. The van der Waals surface area contributed by atoms with Gasteiger partial charge in [-0.15, -0.1) is 0 Å². The lowest BCUT2D eigenvalue weighted by atomic mass is 9.97. The Morgan fingerprint density at radius 1 is 1.15 bits per heavy atom. The highest BCUT2D eigenvalue weighted by Crippen LogP contribution is 2.40. The molecule has 0 radical (unpaired) electrons. The molecule has 144 valence electrons. The van der Waals surface area contributed by atoms with Gasteiger partial charge in [0.05, 0.1) is 25.2 Å². The molecular weight excluding hydrogens is 366 g/mol. The van der Waals surface area contributed by atoms with Crippen LogP contribution < -0.4 is 18.9 Å². The first-order chi connectivity index (χ1) is 13.0. The number of nitrogens with one attached hydrogen (secondary N) is 1. The molecule has 0 unspecified atom stereocenters. The summed E-state index contributed by atoms with van der Waals surface area (Å²) in [6, 6.07) is 7.02. The predicted molar refractivity (Wildman–Crippen MR) is 101 cm³/mol. The molecular formula is C20H23NO5S. The number of hydrogen-bond donors (Lipinski definition) is 1. The molecule has 0 saturated heterocycles. The third-order valence-electron chi connectivity index (χ3n) is 5.10. The standard InChI is InChI=1S/C20H23NO5S/c1-13-11-15(24-2)3-4-19(13)27(22,23)21-8-5-17-16-7-10-25-18(16)12-14-6-9-26-20(14)17/h3-4,11-12,21H,5-10H2,1-2H3. The summed E-state index contributed by atoms with van der Waals surface area (Å²) in [6.45, 7) is 3.41. The van der Waals surface area contributed by atoms with Crippen molar-refractivity contribution >= 4 is 10.0 Å². The van der Waals surface area contributed by atoms with E-state index in [9.17, 15) is 8.42 Å². The first kappa shape index (κ1) is 18.1. The van der Waals surface area contributed by atoms with Gasteiger partial charge in [-0.25, -0.2) is 13.1 Å². The lowest BCUT2D eigenvalue weighted by Gasteiger charge is -2.14. The number of sulfonamides is 1. The van der Waals surface area contributed by atoms with E-state index in [4.69, 9.17) is 14.2 Å². The van der Waals surface area contributed by atoms with E-state index >= 15 is 0 Å². The lowest BCUT2D eigenvalue weighted by molar-refractivity contribution is 0.353. The van der Waals surface area contributed by atoms with Crippen molar-refractivity contribution in [2.45, 2.75) is 31.1 Å². The zero-order chi connectivity index (χ0) is 19.0. The summed E-state index contributed by atoms with van der Waals surface area (Å²) in [7, 11) is -2.03. The lowest BCUT2D eigenvalue weighted by Crippen LogP contribution is -2.27. The van der Waals surface area contributed by atoms with Gasteiger partial charge >= 0.3 is 0 Å². The van der Waals surface area contributed by atoms with Crippen molar-refractivity contribution in [1.29, 1.82) is 0 Å². The Morgan fingerprint density at radius 2 is 1.96 bits per heavy atom. The minimum Gasteiger partial charge on any atom is -0.497 e. The van der Waals surface area contributed by atoms with Crippen LogP contribution in [0.1, 0.15) is 22.3 Å². The van der Waals surface area contributed by atoms with Crippen LogP contribution in [0, 0.1) is 6.92 Å². The normalized spacial score (nSPS) is 15.0. The second-order valence-electron chi connectivity index (χ2n) is 6.80. The van der Waals surface area contributed by atoms with Crippen LogP contribution in [0.4, 0.5) is 0 Å². The zero-order valence-corrected chi connectivity index (χ0v) is 16.3. The van der Waals surface area contributed by atoms with Crippen molar-refractivity contribution in [3.05, 3.63) is 46.5 Å². The van der Waals surface area contributed by atoms with Crippen molar-refractivity contribution in [1.82, 2.24) is 4.72 Å². The number of hydrogen-bond acceptors (Lipinski definition) is 5. The van der Waals surface area contributed by atoms with Gasteiger partial charge in [-0.3, -0.25) is 0 Å². The van der Waals surface area contributed by atoms with Crippen LogP contribution in [0.2, 0.25) is 0 Å². The van der Waals surface area contributed by atoms with Crippen LogP contribution in [0.3, 0.4) is 0 Å². The van der Waals surface area contributed by atoms with E-state index in [1.807, 2.05) is 0 Å². The number of fused-ring (bicyclic) bond motifs is 2. The van der Waals surface area contributed by atoms with Gasteiger partial charge in [0, 0.05) is 36.1 Å². The quantitative estimate of drug-likeness (QED) is 0.821. The first-order valence-electron chi connectivity index (χ1n) is 9.07. The molecule has 2 aliphatic rings. The van der Waals surface area contributed by atoms with Gasteiger partial charge in [0.15, 0.2) is 0 Å². The molecule has 2 aliphatic heterocycles. The molecule has 2 aromatic rings. The van der Waals surface area contributed by atoms with Gasteiger partial charge in [-0.2, -0.15) is 0 Å². The molecule has 2 heterocycles. The highest BCUT2D eigenvalue weighted by atomic mass is 32.2. The number of benzene rings is 2. The third-order valence-corrected chi connectivity index (χ3v) is 6.72. The van der Waals surface area contributed by atoms with E-state index in [0.717, 1.165) is 41.0 Å². The summed E-state index contributed by atoms with van der Waals surface area (Å²) < 4.78 is 44.8. The third kappa shape index (κ3) is 3.37. The Hall–Kier alpha value is -2.25. The van der Waals surface area contributed by atoms with Crippen molar-refractivity contribution < 1.29 is 22.6 Å². The Morgan fingerprint density at radius 3 is 2.74 bits per heavy atom. The molecule has 0 aromatic heterocycles. The van der Waals surface area contributed by atoms with Crippen molar-refractivity contribution in [3.63, 3.8) is 0 Å². The van der Waals surface area contributed by atoms with Crippen LogP contribution in [0.5, 0.6) is 17.2 Å². The van der Waals surface area contributed by atoms with Crippen LogP contribution in [0.25, 0.3) is 0 Å². The smallest absolute Gasteiger partial charge is 0.240 e. The van der Waals surface area contributed by atoms with Crippen molar-refractivity contribution in [2.24, 2.45) is 0 Å². The Labute approximate surface area is 159 Å². The number of ether oxygens (including phenoxy) is 3. The molecule has 0 aliphatic carbocycles. The van der Waals surface area contributed by atoms with Crippen LogP contribution in [-0.4, -0.2) is 35.3 Å². The largest absolute Gasteiger partial charge is 0.497 e. The maximum absolute atomic E-state index is 12.7. The topological polar surface area (TPSA) is 73.9 Å². The minimum atomic E-state index is -3.59. The van der Waals surface area contributed by atoms with E-state index in [1.165, 1.54) is 0 Å². The highest BCUT2D eigenvalue weighted by Gasteiger charge is 2.26. The molecule has 1 N–H and O–H groups in total. The fourth-order valence-electron chi connectivity index (χ4n) is 3.79. The average Bonchev–Trinajstić information content (AvgIpc) is 3.29. The average molecular weight is 389 g/mol. The molecule has 2 aromatic carbocycles. The van der Waals surface area contributed by atoms with E-state index in [0.29, 0.717) is 37.5 Å². The molecule has 0 bridgehead atoms. The van der Waals surface area contributed by atoms with E-state index in [-0.39, 0.29) is 4.90 Å². The summed E-state index contributed by atoms with van der Waals surface area (Å²) in [4.78, 5) is 0.270. The van der Waals surface area contributed by atoms with Gasteiger partial charge < -0.3 is 14.2 Å². The predicted octanol–water partition coefficient (Wildman–Crippen LogP) is 2.39. The Kier molecular flexibility index (Phi) is 4.74. The molecule has 0 spiro atoms. The SMILES string of the molecule is COc1ccc(S(=O)(=O)NCCc2c3c(cc4c2OCC4)OCC3)c(C)c1. The minimum absolute atomic E-state index is 0.270. The monoisotopic (exact) mass is 389 g/mol. The molecule has 4 rings (SSSR count). The van der Waals surface area contributed by atoms with Crippen LogP contribution in [-0.2, 0) is 29.3 Å². The van der Waals surface area contributed by atoms with Gasteiger partial charge in [0.25, 0.3) is 0 Å². The van der Waals surface area contributed by atoms with Crippen LogP contribution in [0.15, 0.2) is 29.2 Å². The van der Waals surface area contributed by atoms with Gasteiger partial charge in [-0.05, 0) is 43.2 Å². The molecule has 0 amide bonds. The number of rotatable bonds is 6. The Balaban J connectivity index is 1.52. The summed E-state index contributed by atoms with van der Waals surface area (Å²) >= 11 is 0. The first-order valence-corrected chi connectivity index (χ1v) is 10.6. The number of aryl methyl sites for hydroxylation is 1. The second-order valence-corrected chi connectivity index (χ2v) is 8.53. The van der Waals surface area contributed by atoms with Gasteiger partial charge in [0.2, 0.25) is 10.0 Å². The Bertz CT molecular complexity index is 952. The number of methoxy groups -OCH3 is 1. The summed E-state index contributed by atoms with van der Waals surface area (Å²) in [5.41, 5.74) is 4.03. The fraction of sp³-hybridized carbons (Fsp3) is 0.400. The molecule has 0 atom stereocenters. The highest BCUT2D eigenvalue weighted by molar-refractivity contribution is 7.89. The molecule has 0 fully saturated rings. The molecule has 7 heteroatoms. The van der Waals surface area contributed by atoms with E-state index in [1.54, 1.807) is 32.2 Å². The van der Waals surface area contributed by atoms with Crippen molar-refractivity contribution in [2.75, 3.05) is 26.9 Å². The molecule has 0 saturated carbocycles. The summed E-state index contributed by atoms with van der Waals surface area (Å²) in [5.74, 6) is 2.47. The van der Waals surface area contributed by atoms with Gasteiger partial charge in [0.1, 0.15) is 17.2 Å². The summed E-state index contributed by atoms with van der Waals surface area (Å²) in [6.07, 6.45) is 2.28. The van der Waals surface area contributed by atoms with Crippen molar-refractivity contribution in [3.8, 4) is 17.2 Å².